The molecule has 0 amide bonds. The molecule has 0 saturated carbocycles. The molecule has 0 fully saturated rings. The molecular weight excluding hydrogens is 270 g/mol. The predicted octanol–water partition coefficient (Wildman–Crippen LogP) is 3.92. The van der Waals surface area contributed by atoms with Crippen LogP contribution in [0.4, 0.5) is 0 Å². The highest BCUT2D eigenvalue weighted by molar-refractivity contribution is 7.08. The Kier molecular flexibility index (Phi) is 5.04. The standard InChI is InChI=1S/C16H21NO2S/c1-11-9-20-10-14(11)8-17-12(2)13-5-6-15(18-3)16(7-13)19-4/h5-7,9-10,12,17H,8H2,1-4H3. The highest BCUT2D eigenvalue weighted by atomic mass is 32.1. The zero-order valence-electron chi connectivity index (χ0n) is 12.4. The van der Waals surface area contributed by atoms with Gasteiger partial charge in [-0.3, -0.25) is 0 Å². The van der Waals surface area contributed by atoms with Crippen LogP contribution in [0.3, 0.4) is 0 Å². The van der Waals surface area contributed by atoms with Crippen LogP contribution in [0.15, 0.2) is 29.0 Å². The third kappa shape index (κ3) is 3.32. The third-order valence-corrected chi connectivity index (χ3v) is 4.38. The summed E-state index contributed by atoms with van der Waals surface area (Å²) in [6, 6.07) is 6.30. The van der Waals surface area contributed by atoms with Crippen molar-refractivity contribution < 1.29 is 9.47 Å². The minimum absolute atomic E-state index is 0.258. The lowest BCUT2D eigenvalue weighted by Crippen LogP contribution is -2.18. The summed E-state index contributed by atoms with van der Waals surface area (Å²) in [5.74, 6) is 1.53. The molecule has 0 aliphatic carbocycles. The van der Waals surface area contributed by atoms with Crippen molar-refractivity contribution in [3.63, 3.8) is 0 Å². The molecule has 2 rings (SSSR count). The van der Waals surface area contributed by atoms with Crippen LogP contribution in [0.25, 0.3) is 0 Å². The van der Waals surface area contributed by atoms with Crippen LogP contribution in [0.5, 0.6) is 11.5 Å². The summed E-state index contributed by atoms with van der Waals surface area (Å²) in [5, 5.41) is 7.92. The Bertz CT molecular complexity index is 565. The molecule has 0 spiro atoms. The van der Waals surface area contributed by atoms with Gasteiger partial charge in [0, 0.05) is 12.6 Å². The minimum atomic E-state index is 0.258. The van der Waals surface area contributed by atoms with Gasteiger partial charge in [-0.1, -0.05) is 6.07 Å². The number of methoxy groups -OCH3 is 2. The maximum absolute atomic E-state index is 5.35. The van der Waals surface area contributed by atoms with Crippen LogP contribution in [0.1, 0.15) is 29.7 Å². The van der Waals surface area contributed by atoms with Gasteiger partial charge in [0.1, 0.15) is 0 Å². The Morgan fingerprint density at radius 2 is 1.90 bits per heavy atom. The predicted molar refractivity (Wildman–Crippen MR) is 83.9 cm³/mol. The topological polar surface area (TPSA) is 30.5 Å². The first-order valence-corrected chi connectivity index (χ1v) is 7.57. The van der Waals surface area contributed by atoms with Crippen molar-refractivity contribution in [2.45, 2.75) is 26.4 Å². The van der Waals surface area contributed by atoms with Crippen LogP contribution in [0, 0.1) is 6.92 Å². The second-order valence-electron chi connectivity index (χ2n) is 4.80. The Hall–Kier alpha value is -1.52. The highest BCUT2D eigenvalue weighted by Gasteiger charge is 2.10. The molecular formula is C16H21NO2S. The second-order valence-corrected chi connectivity index (χ2v) is 5.54. The van der Waals surface area contributed by atoms with Crippen molar-refractivity contribution in [1.82, 2.24) is 5.32 Å². The minimum Gasteiger partial charge on any atom is -0.493 e. The van der Waals surface area contributed by atoms with E-state index in [2.05, 4.69) is 36.0 Å². The fourth-order valence-corrected chi connectivity index (χ4v) is 2.93. The van der Waals surface area contributed by atoms with E-state index in [0.717, 1.165) is 18.0 Å². The number of benzene rings is 1. The maximum Gasteiger partial charge on any atom is 0.161 e. The molecule has 1 unspecified atom stereocenters. The van der Waals surface area contributed by atoms with Crippen molar-refractivity contribution in [1.29, 1.82) is 0 Å². The third-order valence-electron chi connectivity index (χ3n) is 3.47. The Balaban J connectivity index is 2.05. The van der Waals surface area contributed by atoms with E-state index in [1.165, 1.54) is 16.7 Å². The van der Waals surface area contributed by atoms with Crippen molar-refractivity contribution >= 4 is 11.3 Å². The molecule has 3 nitrogen and oxygen atoms in total. The molecule has 0 aliphatic heterocycles. The summed E-state index contributed by atoms with van der Waals surface area (Å²) < 4.78 is 10.6. The number of hydrogen-bond acceptors (Lipinski definition) is 4. The molecule has 108 valence electrons. The first-order chi connectivity index (χ1) is 9.65. The largest absolute Gasteiger partial charge is 0.493 e. The first kappa shape index (κ1) is 14.9. The van der Waals surface area contributed by atoms with Gasteiger partial charge in [-0.2, -0.15) is 11.3 Å². The van der Waals surface area contributed by atoms with E-state index in [1.54, 1.807) is 25.6 Å². The van der Waals surface area contributed by atoms with Gasteiger partial charge in [-0.15, -0.1) is 0 Å². The normalized spacial score (nSPS) is 12.2. The van der Waals surface area contributed by atoms with Gasteiger partial charge in [0.15, 0.2) is 11.5 Å². The van der Waals surface area contributed by atoms with Crippen LogP contribution in [0.2, 0.25) is 0 Å². The van der Waals surface area contributed by atoms with Gasteiger partial charge < -0.3 is 14.8 Å². The average molecular weight is 291 g/mol. The van der Waals surface area contributed by atoms with Gasteiger partial charge in [-0.05, 0) is 53.4 Å². The maximum atomic E-state index is 5.35. The van der Waals surface area contributed by atoms with Crippen molar-refractivity contribution in [2.75, 3.05) is 14.2 Å². The Morgan fingerprint density at radius 1 is 1.15 bits per heavy atom. The molecule has 1 aromatic carbocycles. The molecule has 20 heavy (non-hydrogen) atoms. The van der Waals surface area contributed by atoms with Crippen LogP contribution in [-0.2, 0) is 6.54 Å². The number of nitrogens with one attached hydrogen (secondary N) is 1. The van der Waals surface area contributed by atoms with Crippen molar-refractivity contribution in [2.24, 2.45) is 0 Å². The van der Waals surface area contributed by atoms with E-state index < -0.39 is 0 Å². The van der Waals surface area contributed by atoms with E-state index in [-0.39, 0.29) is 6.04 Å². The van der Waals surface area contributed by atoms with Crippen LogP contribution < -0.4 is 14.8 Å². The molecule has 1 aromatic heterocycles. The molecule has 1 heterocycles. The fourth-order valence-electron chi connectivity index (χ4n) is 2.07. The lowest BCUT2D eigenvalue weighted by molar-refractivity contribution is 0.354. The van der Waals surface area contributed by atoms with Crippen LogP contribution in [-0.4, -0.2) is 14.2 Å². The van der Waals surface area contributed by atoms with Crippen LogP contribution >= 0.6 is 11.3 Å². The van der Waals surface area contributed by atoms with Gasteiger partial charge in [0.25, 0.3) is 0 Å². The van der Waals surface area contributed by atoms with E-state index in [4.69, 9.17) is 9.47 Å². The summed E-state index contributed by atoms with van der Waals surface area (Å²) in [4.78, 5) is 0. The average Bonchev–Trinajstić information content (AvgIpc) is 2.89. The summed E-state index contributed by atoms with van der Waals surface area (Å²) in [6.45, 7) is 5.18. The molecule has 0 aliphatic rings. The zero-order chi connectivity index (χ0) is 14.5. The molecule has 0 bridgehead atoms. The number of thiophene rings is 1. The van der Waals surface area contributed by atoms with Gasteiger partial charge >= 0.3 is 0 Å². The van der Waals surface area contributed by atoms with E-state index >= 15 is 0 Å². The summed E-state index contributed by atoms with van der Waals surface area (Å²) in [7, 11) is 3.31. The molecule has 0 radical (unpaired) electrons. The number of ether oxygens (including phenoxy) is 2. The summed E-state index contributed by atoms with van der Waals surface area (Å²) in [5.41, 5.74) is 3.90. The fraction of sp³-hybridized carbons (Fsp3) is 0.375. The van der Waals surface area contributed by atoms with Gasteiger partial charge in [0.2, 0.25) is 0 Å². The Morgan fingerprint density at radius 3 is 2.50 bits per heavy atom. The molecule has 4 heteroatoms. The quantitative estimate of drug-likeness (QED) is 0.875. The molecule has 0 saturated heterocycles. The summed E-state index contributed by atoms with van der Waals surface area (Å²) in [6.07, 6.45) is 0. The Labute approximate surface area is 124 Å². The number of rotatable bonds is 6. The second kappa shape index (κ2) is 6.77. The monoisotopic (exact) mass is 291 g/mol. The SMILES string of the molecule is COc1ccc(C(C)NCc2cscc2C)cc1OC. The summed E-state index contributed by atoms with van der Waals surface area (Å²) >= 11 is 1.75. The molecule has 1 atom stereocenters. The first-order valence-electron chi connectivity index (χ1n) is 6.62. The van der Waals surface area contributed by atoms with Crippen molar-refractivity contribution in [3.8, 4) is 11.5 Å². The number of aryl methyl sites for hydroxylation is 1. The van der Waals surface area contributed by atoms with Gasteiger partial charge in [0.05, 0.1) is 14.2 Å². The smallest absolute Gasteiger partial charge is 0.161 e. The number of hydrogen-bond donors (Lipinski definition) is 1. The van der Waals surface area contributed by atoms with Crippen molar-refractivity contribution in [3.05, 3.63) is 45.6 Å². The molecule has 1 N–H and O–H groups in total. The molecule has 2 aromatic rings. The van der Waals surface area contributed by atoms with E-state index in [9.17, 15) is 0 Å². The zero-order valence-corrected chi connectivity index (χ0v) is 13.2. The highest BCUT2D eigenvalue weighted by Crippen LogP contribution is 2.30. The van der Waals surface area contributed by atoms with E-state index in [1.807, 2.05) is 12.1 Å². The lowest BCUT2D eigenvalue weighted by atomic mass is 10.1. The lowest BCUT2D eigenvalue weighted by Gasteiger charge is -2.16. The van der Waals surface area contributed by atoms with Gasteiger partial charge in [-0.25, -0.2) is 0 Å². The van der Waals surface area contributed by atoms with E-state index in [0.29, 0.717) is 0 Å².